The fourth-order valence-corrected chi connectivity index (χ4v) is 1.30. The van der Waals surface area contributed by atoms with Crippen molar-refractivity contribution in [3.05, 3.63) is 28.7 Å². The van der Waals surface area contributed by atoms with Gasteiger partial charge in [-0.15, -0.1) is 0 Å². The van der Waals surface area contributed by atoms with Gasteiger partial charge in [0.05, 0.1) is 11.8 Å². The summed E-state index contributed by atoms with van der Waals surface area (Å²) < 4.78 is 5.83. The molecule has 0 bridgehead atoms. The van der Waals surface area contributed by atoms with Crippen molar-refractivity contribution < 1.29 is 9.53 Å². The third-order valence-electron chi connectivity index (χ3n) is 1.64. The maximum Gasteiger partial charge on any atom is 0.370 e. The molecule has 1 rings (SSSR count). The van der Waals surface area contributed by atoms with Gasteiger partial charge in [-0.25, -0.2) is 4.79 Å². The molecule has 0 radical (unpaired) electrons. The SMILES string of the molecule is CC(C)OC(=O)/C(Cl)=N\Nc1ccc(Br)cc1. The maximum absolute atomic E-state index is 11.3. The highest BCUT2D eigenvalue weighted by Gasteiger charge is 2.11. The summed E-state index contributed by atoms with van der Waals surface area (Å²) in [6.45, 7) is 3.48. The molecule has 0 atom stereocenters. The van der Waals surface area contributed by atoms with E-state index in [1.165, 1.54) is 0 Å². The number of anilines is 1. The van der Waals surface area contributed by atoms with E-state index in [1.807, 2.05) is 12.1 Å². The van der Waals surface area contributed by atoms with Crippen molar-refractivity contribution in [2.45, 2.75) is 20.0 Å². The molecule has 17 heavy (non-hydrogen) atoms. The van der Waals surface area contributed by atoms with Crippen molar-refractivity contribution in [3.63, 3.8) is 0 Å². The molecule has 0 aliphatic heterocycles. The first-order valence-electron chi connectivity index (χ1n) is 4.95. The van der Waals surface area contributed by atoms with Crippen molar-refractivity contribution in [1.29, 1.82) is 0 Å². The van der Waals surface area contributed by atoms with E-state index in [-0.39, 0.29) is 11.3 Å². The Hall–Kier alpha value is -1.07. The van der Waals surface area contributed by atoms with Crippen LogP contribution in [0.5, 0.6) is 0 Å². The minimum absolute atomic E-state index is 0.223. The number of nitrogens with zero attached hydrogens (tertiary/aromatic N) is 1. The monoisotopic (exact) mass is 318 g/mol. The largest absolute Gasteiger partial charge is 0.458 e. The third-order valence-corrected chi connectivity index (χ3v) is 2.41. The Morgan fingerprint density at radius 2 is 2.00 bits per heavy atom. The number of hydrazone groups is 1. The summed E-state index contributed by atoms with van der Waals surface area (Å²) in [5, 5.41) is 3.48. The fraction of sp³-hybridized carbons (Fsp3) is 0.273. The first kappa shape index (κ1) is 14.0. The van der Waals surface area contributed by atoms with E-state index in [1.54, 1.807) is 26.0 Å². The molecule has 0 aliphatic carbocycles. The van der Waals surface area contributed by atoms with Crippen LogP contribution in [0.2, 0.25) is 0 Å². The number of carbonyl (C=O) groups is 1. The van der Waals surface area contributed by atoms with E-state index >= 15 is 0 Å². The zero-order valence-corrected chi connectivity index (χ0v) is 11.7. The molecule has 0 saturated carbocycles. The minimum Gasteiger partial charge on any atom is -0.458 e. The maximum atomic E-state index is 11.3. The van der Waals surface area contributed by atoms with Crippen LogP contribution in [0.15, 0.2) is 33.8 Å². The number of nitrogens with one attached hydrogen (secondary N) is 1. The van der Waals surface area contributed by atoms with Gasteiger partial charge in [-0.2, -0.15) is 5.10 Å². The van der Waals surface area contributed by atoms with E-state index in [0.29, 0.717) is 0 Å². The summed E-state index contributed by atoms with van der Waals surface area (Å²) in [5.41, 5.74) is 3.39. The van der Waals surface area contributed by atoms with Crippen LogP contribution in [-0.4, -0.2) is 17.2 Å². The standard InChI is InChI=1S/C11H12BrClN2O2/c1-7(2)17-11(16)10(13)15-14-9-5-3-8(12)4-6-9/h3-7,14H,1-2H3/b15-10+. The van der Waals surface area contributed by atoms with Gasteiger partial charge in [-0.1, -0.05) is 27.5 Å². The Balaban J connectivity index is 2.58. The van der Waals surface area contributed by atoms with Gasteiger partial charge in [-0.3, -0.25) is 5.43 Å². The molecule has 0 aromatic heterocycles. The van der Waals surface area contributed by atoms with Crippen molar-refractivity contribution in [3.8, 4) is 0 Å². The van der Waals surface area contributed by atoms with Crippen molar-refractivity contribution in [2.75, 3.05) is 5.43 Å². The molecule has 0 saturated heterocycles. The molecule has 92 valence electrons. The molecule has 1 aromatic carbocycles. The quantitative estimate of drug-likeness (QED) is 0.526. The summed E-state index contributed by atoms with van der Waals surface area (Å²) in [6.07, 6.45) is -0.223. The lowest BCUT2D eigenvalue weighted by atomic mass is 10.3. The predicted octanol–water partition coefficient (Wildman–Crippen LogP) is 3.36. The van der Waals surface area contributed by atoms with E-state index in [2.05, 4.69) is 26.5 Å². The average Bonchev–Trinajstić information content (AvgIpc) is 2.27. The minimum atomic E-state index is -0.647. The third kappa shape index (κ3) is 5.19. The highest BCUT2D eigenvalue weighted by Crippen LogP contribution is 2.14. The number of benzene rings is 1. The van der Waals surface area contributed by atoms with Crippen molar-refractivity contribution >= 4 is 44.4 Å². The van der Waals surface area contributed by atoms with Gasteiger partial charge in [0.15, 0.2) is 0 Å². The van der Waals surface area contributed by atoms with E-state index in [4.69, 9.17) is 16.3 Å². The predicted molar refractivity (Wildman–Crippen MR) is 72.3 cm³/mol. The highest BCUT2D eigenvalue weighted by molar-refractivity contribution is 9.10. The lowest BCUT2D eigenvalue weighted by Gasteiger charge is -2.06. The van der Waals surface area contributed by atoms with Gasteiger partial charge in [0, 0.05) is 4.47 Å². The first-order chi connectivity index (χ1) is 7.99. The smallest absolute Gasteiger partial charge is 0.370 e. The Morgan fingerprint density at radius 3 is 2.53 bits per heavy atom. The number of carbonyl (C=O) groups excluding carboxylic acids is 1. The summed E-state index contributed by atoms with van der Waals surface area (Å²) >= 11 is 8.97. The van der Waals surface area contributed by atoms with Crippen LogP contribution < -0.4 is 5.43 Å². The normalized spacial score (nSPS) is 11.5. The Labute approximate surface area is 113 Å². The summed E-state index contributed by atoms with van der Waals surface area (Å²) in [4.78, 5) is 11.3. The number of rotatable bonds is 4. The second kappa shape index (κ2) is 6.61. The zero-order chi connectivity index (χ0) is 12.8. The van der Waals surface area contributed by atoms with Crippen molar-refractivity contribution in [1.82, 2.24) is 0 Å². The van der Waals surface area contributed by atoms with Gasteiger partial charge < -0.3 is 4.74 Å². The highest BCUT2D eigenvalue weighted by atomic mass is 79.9. The Bertz CT molecular complexity index is 418. The Morgan fingerprint density at radius 1 is 1.41 bits per heavy atom. The fourth-order valence-electron chi connectivity index (χ4n) is 0.946. The Kier molecular flexibility index (Phi) is 5.44. The van der Waals surface area contributed by atoms with Crippen LogP contribution in [0.1, 0.15) is 13.8 Å². The van der Waals surface area contributed by atoms with Crippen LogP contribution in [-0.2, 0) is 9.53 Å². The summed E-state index contributed by atoms with van der Waals surface area (Å²) in [6, 6.07) is 7.29. The molecule has 0 amide bonds. The van der Waals surface area contributed by atoms with E-state index < -0.39 is 5.97 Å². The summed E-state index contributed by atoms with van der Waals surface area (Å²) in [7, 11) is 0. The van der Waals surface area contributed by atoms with Crippen LogP contribution in [0.3, 0.4) is 0 Å². The molecule has 6 heteroatoms. The molecule has 0 aliphatic rings. The van der Waals surface area contributed by atoms with Gasteiger partial charge in [-0.05, 0) is 38.1 Å². The van der Waals surface area contributed by atoms with Crippen LogP contribution in [0.25, 0.3) is 0 Å². The van der Waals surface area contributed by atoms with E-state index in [0.717, 1.165) is 10.2 Å². The zero-order valence-electron chi connectivity index (χ0n) is 9.41. The number of esters is 1. The number of halogens is 2. The number of hydrogen-bond donors (Lipinski definition) is 1. The number of ether oxygens (including phenoxy) is 1. The second-order valence-corrected chi connectivity index (χ2v) is 4.75. The molecule has 4 nitrogen and oxygen atoms in total. The van der Waals surface area contributed by atoms with Gasteiger partial charge in [0.25, 0.3) is 0 Å². The molecule has 0 fully saturated rings. The van der Waals surface area contributed by atoms with E-state index in [9.17, 15) is 4.79 Å². The number of hydrogen-bond acceptors (Lipinski definition) is 4. The summed E-state index contributed by atoms with van der Waals surface area (Å²) in [5.74, 6) is -0.647. The van der Waals surface area contributed by atoms with Crippen molar-refractivity contribution in [2.24, 2.45) is 5.10 Å². The van der Waals surface area contributed by atoms with Gasteiger partial charge in [0.1, 0.15) is 0 Å². The second-order valence-electron chi connectivity index (χ2n) is 3.48. The average molecular weight is 320 g/mol. The molecular weight excluding hydrogens is 307 g/mol. The molecule has 0 unspecified atom stereocenters. The molecule has 0 spiro atoms. The van der Waals surface area contributed by atoms with Crippen LogP contribution in [0, 0.1) is 0 Å². The lowest BCUT2D eigenvalue weighted by Crippen LogP contribution is -2.18. The molecule has 1 aromatic rings. The van der Waals surface area contributed by atoms with Gasteiger partial charge >= 0.3 is 5.97 Å². The van der Waals surface area contributed by atoms with Gasteiger partial charge in [0.2, 0.25) is 5.17 Å². The lowest BCUT2D eigenvalue weighted by molar-refractivity contribution is -0.138. The first-order valence-corrected chi connectivity index (χ1v) is 6.12. The van der Waals surface area contributed by atoms with Crippen LogP contribution in [0.4, 0.5) is 5.69 Å². The topological polar surface area (TPSA) is 50.7 Å². The molecule has 0 heterocycles. The molecule has 1 N–H and O–H groups in total. The van der Waals surface area contributed by atoms with Crippen LogP contribution >= 0.6 is 27.5 Å². The molecular formula is C11H12BrClN2O2.